The SMILES string of the molecule is CCCCC(=O)Oc1cc(C(=O)NC)ccc1NC(=O)OCc1ccccc1. The monoisotopic (exact) mass is 384 g/mol. The number of esters is 1. The second kappa shape index (κ2) is 10.7. The Labute approximate surface area is 164 Å². The normalized spacial score (nSPS) is 10.1. The lowest BCUT2D eigenvalue weighted by atomic mass is 10.1. The van der Waals surface area contributed by atoms with Gasteiger partial charge in [-0.05, 0) is 30.2 Å². The second-order valence-electron chi connectivity index (χ2n) is 6.05. The number of benzene rings is 2. The van der Waals surface area contributed by atoms with Gasteiger partial charge in [-0.3, -0.25) is 14.9 Å². The lowest BCUT2D eigenvalue weighted by Gasteiger charge is -2.13. The Morgan fingerprint density at radius 2 is 1.79 bits per heavy atom. The van der Waals surface area contributed by atoms with Crippen LogP contribution in [0.2, 0.25) is 0 Å². The highest BCUT2D eigenvalue weighted by Gasteiger charge is 2.15. The summed E-state index contributed by atoms with van der Waals surface area (Å²) < 4.78 is 10.5. The Kier molecular flexibility index (Phi) is 8.02. The van der Waals surface area contributed by atoms with Gasteiger partial charge < -0.3 is 14.8 Å². The number of carbonyl (C=O) groups is 3. The van der Waals surface area contributed by atoms with E-state index in [2.05, 4.69) is 10.6 Å². The number of anilines is 1. The molecule has 0 radical (unpaired) electrons. The molecule has 0 unspecified atom stereocenters. The molecule has 148 valence electrons. The summed E-state index contributed by atoms with van der Waals surface area (Å²) >= 11 is 0. The molecule has 0 saturated heterocycles. The molecular weight excluding hydrogens is 360 g/mol. The van der Waals surface area contributed by atoms with Crippen LogP contribution in [-0.4, -0.2) is 25.0 Å². The van der Waals surface area contributed by atoms with E-state index in [0.717, 1.165) is 12.0 Å². The van der Waals surface area contributed by atoms with Gasteiger partial charge in [0.1, 0.15) is 6.61 Å². The summed E-state index contributed by atoms with van der Waals surface area (Å²) in [5, 5.41) is 5.06. The van der Waals surface area contributed by atoms with Crippen LogP contribution in [0.4, 0.5) is 10.5 Å². The minimum Gasteiger partial charge on any atom is -0.444 e. The maximum Gasteiger partial charge on any atom is 0.412 e. The molecule has 7 nitrogen and oxygen atoms in total. The molecule has 0 aliphatic carbocycles. The van der Waals surface area contributed by atoms with E-state index < -0.39 is 12.1 Å². The van der Waals surface area contributed by atoms with Crippen molar-refractivity contribution in [1.29, 1.82) is 0 Å². The summed E-state index contributed by atoms with van der Waals surface area (Å²) in [7, 11) is 1.50. The number of hydrogen-bond donors (Lipinski definition) is 2. The first kappa shape index (κ1) is 21.0. The Morgan fingerprint density at radius 1 is 1.04 bits per heavy atom. The van der Waals surface area contributed by atoms with Crippen molar-refractivity contribution in [3.63, 3.8) is 0 Å². The first-order valence-corrected chi connectivity index (χ1v) is 9.08. The van der Waals surface area contributed by atoms with Crippen molar-refractivity contribution in [2.24, 2.45) is 0 Å². The van der Waals surface area contributed by atoms with E-state index in [4.69, 9.17) is 9.47 Å². The first-order valence-electron chi connectivity index (χ1n) is 9.08. The van der Waals surface area contributed by atoms with Gasteiger partial charge in [-0.2, -0.15) is 0 Å². The number of amides is 2. The molecule has 2 N–H and O–H groups in total. The number of unbranched alkanes of at least 4 members (excludes halogenated alkanes) is 1. The maximum atomic E-state index is 12.1. The van der Waals surface area contributed by atoms with E-state index in [9.17, 15) is 14.4 Å². The van der Waals surface area contributed by atoms with Crippen molar-refractivity contribution >= 4 is 23.7 Å². The minimum atomic E-state index is -0.692. The smallest absolute Gasteiger partial charge is 0.412 e. The third-order valence-electron chi connectivity index (χ3n) is 3.88. The van der Waals surface area contributed by atoms with Gasteiger partial charge in [0.25, 0.3) is 5.91 Å². The Morgan fingerprint density at radius 3 is 2.46 bits per heavy atom. The molecule has 0 fully saturated rings. The Balaban J connectivity index is 2.10. The van der Waals surface area contributed by atoms with Gasteiger partial charge in [0.05, 0.1) is 5.69 Å². The first-order chi connectivity index (χ1) is 13.5. The third kappa shape index (κ3) is 6.42. The number of ether oxygens (including phenoxy) is 2. The fraction of sp³-hybridized carbons (Fsp3) is 0.286. The van der Waals surface area contributed by atoms with Gasteiger partial charge >= 0.3 is 12.1 Å². The minimum absolute atomic E-state index is 0.0962. The molecule has 2 aromatic rings. The van der Waals surface area contributed by atoms with Crippen molar-refractivity contribution < 1.29 is 23.9 Å². The molecule has 0 aliphatic rings. The predicted octanol–water partition coefficient (Wildman–Crippen LogP) is 3.89. The van der Waals surface area contributed by atoms with Crippen molar-refractivity contribution in [1.82, 2.24) is 5.32 Å². The van der Waals surface area contributed by atoms with Crippen LogP contribution in [0.3, 0.4) is 0 Å². The van der Waals surface area contributed by atoms with Crippen molar-refractivity contribution in [3.05, 3.63) is 59.7 Å². The largest absolute Gasteiger partial charge is 0.444 e. The molecule has 0 aliphatic heterocycles. The van der Waals surface area contributed by atoms with E-state index >= 15 is 0 Å². The van der Waals surface area contributed by atoms with Crippen LogP contribution in [0, 0.1) is 0 Å². The molecule has 0 spiro atoms. The molecule has 7 heteroatoms. The van der Waals surface area contributed by atoms with Crippen LogP contribution in [0.15, 0.2) is 48.5 Å². The molecule has 0 heterocycles. The summed E-state index contributed by atoms with van der Waals surface area (Å²) in [6.07, 6.45) is 1.10. The van der Waals surface area contributed by atoms with E-state index in [1.54, 1.807) is 0 Å². The van der Waals surface area contributed by atoms with E-state index in [1.165, 1.54) is 25.2 Å². The molecule has 2 amide bonds. The highest BCUT2D eigenvalue weighted by atomic mass is 16.6. The lowest BCUT2D eigenvalue weighted by molar-refractivity contribution is -0.134. The zero-order chi connectivity index (χ0) is 20.4. The number of rotatable bonds is 8. The molecule has 0 bridgehead atoms. The van der Waals surface area contributed by atoms with Crippen molar-refractivity contribution in [2.45, 2.75) is 32.8 Å². The van der Waals surface area contributed by atoms with Crippen molar-refractivity contribution in [2.75, 3.05) is 12.4 Å². The maximum absolute atomic E-state index is 12.1. The number of carbonyl (C=O) groups excluding carboxylic acids is 3. The quantitative estimate of drug-likeness (QED) is 0.532. The zero-order valence-corrected chi connectivity index (χ0v) is 16.0. The van der Waals surface area contributed by atoms with Crippen LogP contribution in [0.25, 0.3) is 0 Å². The summed E-state index contributed by atoms with van der Waals surface area (Å²) in [5.74, 6) is -0.667. The van der Waals surface area contributed by atoms with Crippen LogP contribution < -0.4 is 15.4 Å². The van der Waals surface area contributed by atoms with Crippen LogP contribution >= 0.6 is 0 Å². The van der Waals surface area contributed by atoms with Gasteiger partial charge in [-0.1, -0.05) is 43.7 Å². The molecular formula is C21H24N2O5. The van der Waals surface area contributed by atoms with Crippen LogP contribution in [-0.2, 0) is 16.1 Å². The molecule has 0 saturated carbocycles. The van der Waals surface area contributed by atoms with E-state index in [0.29, 0.717) is 12.0 Å². The summed E-state index contributed by atoms with van der Waals surface area (Å²) in [6.45, 7) is 2.07. The van der Waals surface area contributed by atoms with E-state index in [-0.39, 0.29) is 30.4 Å². The lowest BCUT2D eigenvalue weighted by Crippen LogP contribution is -2.19. The van der Waals surface area contributed by atoms with Gasteiger partial charge in [-0.25, -0.2) is 4.79 Å². The third-order valence-corrected chi connectivity index (χ3v) is 3.88. The highest BCUT2D eigenvalue weighted by molar-refractivity contribution is 5.96. The van der Waals surface area contributed by atoms with E-state index in [1.807, 2.05) is 37.3 Å². The van der Waals surface area contributed by atoms with Gasteiger partial charge in [0.2, 0.25) is 0 Å². The summed E-state index contributed by atoms with van der Waals surface area (Å²) in [6, 6.07) is 13.7. The molecule has 2 rings (SSSR count). The van der Waals surface area contributed by atoms with Gasteiger partial charge in [0, 0.05) is 19.0 Å². The Bertz CT molecular complexity index is 821. The fourth-order valence-electron chi connectivity index (χ4n) is 2.36. The highest BCUT2D eigenvalue weighted by Crippen LogP contribution is 2.27. The number of nitrogens with one attached hydrogen (secondary N) is 2. The molecule has 0 aromatic heterocycles. The molecule has 2 aromatic carbocycles. The van der Waals surface area contributed by atoms with Crippen LogP contribution in [0.5, 0.6) is 5.75 Å². The van der Waals surface area contributed by atoms with Gasteiger partial charge in [-0.15, -0.1) is 0 Å². The zero-order valence-electron chi connectivity index (χ0n) is 16.0. The topological polar surface area (TPSA) is 93.7 Å². The predicted molar refractivity (Wildman–Crippen MR) is 105 cm³/mol. The van der Waals surface area contributed by atoms with Crippen LogP contribution in [0.1, 0.15) is 42.1 Å². The van der Waals surface area contributed by atoms with Gasteiger partial charge in [0.15, 0.2) is 5.75 Å². The second-order valence-corrected chi connectivity index (χ2v) is 6.05. The standard InChI is InChI=1S/C21H24N2O5/c1-3-4-10-19(24)28-18-13-16(20(25)22-2)11-12-17(18)23-21(26)27-14-15-8-6-5-7-9-15/h5-9,11-13H,3-4,10,14H2,1-2H3,(H,22,25)(H,23,26). The molecule has 0 atom stereocenters. The Hall–Kier alpha value is -3.35. The average Bonchev–Trinajstić information content (AvgIpc) is 2.72. The summed E-state index contributed by atoms with van der Waals surface area (Å²) in [4.78, 5) is 36.0. The fourth-order valence-corrected chi connectivity index (χ4v) is 2.36. The average molecular weight is 384 g/mol. The molecule has 28 heavy (non-hydrogen) atoms. The summed E-state index contributed by atoms with van der Waals surface area (Å²) in [5.41, 5.74) is 1.40. The number of hydrogen-bond acceptors (Lipinski definition) is 5. The van der Waals surface area contributed by atoms with Crippen molar-refractivity contribution in [3.8, 4) is 5.75 Å².